The molecule has 6 nitrogen and oxygen atoms in total. The number of nitrogens with zero attached hydrogens (tertiary/aromatic N) is 2. The lowest BCUT2D eigenvalue weighted by Crippen LogP contribution is -2.20. The fraction of sp³-hybridized carbons (Fsp3) is 0.143. The summed E-state index contributed by atoms with van der Waals surface area (Å²) in [4.78, 5) is 31.0. The second-order valence-corrected chi connectivity index (χ2v) is 2.44. The maximum atomic E-state index is 11.1. The van der Waals surface area contributed by atoms with E-state index in [1.807, 2.05) is 0 Å². The van der Waals surface area contributed by atoms with Gasteiger partial charge in [-0.2, -0.15) is 0 Å². The fourth-order valence-corrected chi connectivity index (χ4v) is 0.903. The Morgan fingerprint density at radius 2 is 2.23 bits per heavy atom. The maximum Gasteiger partial charge on any atom is 0.286 e. The van der Waals surface area contributed by atoms with Crippen LogP contribution in [0.3, 0.4) is 0 Å². The molecule has 0 aromatic carbocycles. The minimum atomic E-state index is -0.660. The molecule has 13 heavy (non-hydrogen) atoms. The van der Waals surface area contributed by atoms with Crippen LogP contribution in [0.2, 0.25) is 0 Å². The minimum absolute atomic E-state index is 0.211. The van der Waals surface area contributed by atoms with E-state index in [4.69, 9.17) is 0 Å². The lowest BCUT2D eigenvalue weighted by Gasteiger charge is -1.97. The summed E-state index contributed by atoms with van der Waals surface area (Å²) in [6, 6.07) is 0.954. The summed E-state index contributed by atoms with van der Waals surface area (Å²) in [5.74, 6) is 0. The van der Waals surface area contributed by atoms with Gasteiger partial charge in [0, 0.05) is 13.1 Å². The van der Waals surface area contributed by atoms with E-state index in [9.17, 15) is 19.7 Å². The second kappa shape index (κ2) is 3.18. The Balaban J connectivity index is 3.47. The van der Waals surface area contributed by atoms with Gasteiger partial charge in [0.25, 0.3) is 11.2 Å². The molecule has 0 aliphatic rings. The molecular formula is C7H6N2O4. The highest BCUT2D eigenvalue weighted by Crippen LogP contribution is 2.07. The number of nitro groups is 1. The van der Waals surface area contributed by atoms with Crippen LogP contribution in [-0.2, 0) is 7.05 Å². The van der Waals surface area contributed by atoms with E-state index in [0.717, 1.165) is 16.8 Å². The SMILES string of the molecule is Cn1cc([N+](=O)[O-])cc(C=O)c1=O. The predicted molar refractivity (Wildman–Crippen MR) is 43.7 cm³/mol. The first-order valence-electron chi connectivity index (χ1n) is 3.36. The molecule has 1 heterocycles. The summed E-state index contributed by atoms with van der Waals surface area (Å²) in [6.45, 7) is 0. The van der Waals surface area contributed by atoms with Crippen LogP contribution in [0, 0.1) is 10.1 Å². The van der Waals surface area contributed by atoms with Gasteiger partial charge < -0.3 is 4.57 Å². The van der Waals surface area contributed by atoms with Crippen molar-refractivity contribution in [2.24, 2.45) is 7.05 Å². The van der Waals surface area contributed by atoms with Gasteiger partial charge in [-0.3, -0.25) is 19.7 Å². The van der Waals surface area contributed by atoms with Crippen molar-refractivity contribution in [3.05, 3.63) is 38.3 Å². The highest BCUT2D eigenvalue weighted by Gasteiger charge is 2.10. The Morgan fingerprint density at radius 3 is 2.69 bits per heavy atom. The Bertz CT molecular complexity index is 421. The van der Waals surface area contributed by atoms with Gasteiger partial charge in [-0.05, 0) is 0 Å². The van der Waals surface area contributed by atoms with Gasteiger partial charge in [0.2, 0.25) is 0 Å². The molecule has 0 spiro atoms. The number of hydrogen-bond donors (Lipinski definition) is 0. The molecular weight excluding hydrogens is 176 g/mol. The third-order valence-electron chi connectivity index (χ3n) is 1.53. The topological polar surface area (TPSA) is 82.2 Å². The van der Waals surface area contributed by atoms with E-state index in [1.54, 1.807) is 0 Å². The van der Waals surface area contributed by atoms with Crippen LogP contribution in [-0.4, -0.2) is 15.8 Å². The average Bonchev–Trinajstić information content (AvgIpc) is 2.09. The van der Waals surface area contributed by atoms with Crippen molar-refractivity contribution in [3.8, 4) is 0 Å². The highest BCUT2D eigenvalue weighted by molar-refractivity contribution is 5.75. The van der Waals surface area contributed by atoms with E-state index in [-0.39, 0.29) is 11.3 Å². The van der Waals surface area contributed by atoms with Crippen LogP contribution in [0.5, 0.6) is 0 Å². The molecule has 0 aliphatic carbocycles. The lowest BCUT2D eigenvalue weighted by atomic mass is 10.3. The predicted octanol–water partition coefficient (Wildman–Crippen LogP) is 0.106. The van der Waals surface area contributed by atoms with Crippen molar-refractivity contribution in [2.45, 2.75) is 0 Å². The third kappa shape index (κ3) is 1.61. The molecule has 0 amide bonds. The molecule has 0 fully saturated rings. The first kappa shape index (κ1) is 9.11. The molecule has 0 unspecified atom stereocenters. The number of aryl methyl sites for hydroxylation is 1. The molecule has 1 aromatic heterocycles. The van der Waals surface area contributed by atoms with Gasteiger partial charge in [0.15, 0.2) is 6.29 Å². The molecule has 68 valence electrons. The van der Waals surface area contributed by atoms with Crippen molar-refractivity contribution in [1.82, 2.24) is 4.57 Å². The van der Waals surface area contributed by atoms with E-state index < -0.39 is 10.5 Å². The monoisotopic (exact) mass is 182 g/mol. The molecule has 0 saturated carbocycles. The molecule has 0 saturated heterocycles. The van der Waals surface area contributed by atoms with Crippen LogP contribution >= 0.6 is 0 Å². The first-order valence-corrected chi connectivity index (χ1v) is 3.36. The smallest absolute Gasteiger partial charge is 0.286 e. The van der Waals surface area contributed by atoms with Crippen LogP contribution in [0.4, 0.5) is 5.69 Å². The number of aldehydes is 1. The van der Waals surface area contributed by atoms with Crippen molar-refractivity contribution in [1.29, 1.82) is 0 Å². The first-order chi connectivity index (χ1) is 6.06. The molecule has 0 N–H and O–H groups in total. The summed E-state index contributed by atoms with van der Waals surface area (Å²) in [6.07, 6.45) is 1.37. The normalized spacial score (nSPS) is 9.62. The van der Waals surface area contributed by atoms with Gasteiger partial charge in [-0.1, -0.05) is 0 Å². The Morgan fingerprint density at radius 1 is 1.62 bits per heavy atom. The van der Waals surface area contributed by atoms with Crippen LogP contribution < -0.4 is 5.56 Å². The zero-order valence-corrected chi connectivity index (χ0v) is 6.76. The lowest BCUT2D eigenvalue weighted by molar-refractivity contribution is -0.385. The summed E-state index contributed by atoms with van der Waals surface area (Å²) in [7, 11) is 1.35. The summed E-state index contributed by atoms with van der Waals surface area (Å²) < 4.78 is 1.00. The van der Waals surface area contributed by atoms with E-state index in [0.29, 0.717) is 6.29 Å². The molecule has 0 atom stereocenters. The number of rotatable bonds is 2. The van der Waals surface area contributed by atoms with E-state index in [1.165, 1.54) is 7.05 Å². The van der Waals surface area contributed by atoms with Crippen molar-refractivity contribution in [2.75, 3.05) is 0 Å². The zero-order chi connectivity index (χ0) is 10.0. The van der Waals surface area contributed by atoms with Gasteiger partial charge >= 0.3 is 0 Å². The molecule has 1 rings (SSSR count). The van der Waals surface area contributed by atoms with Crippen LogP contribution in [0.15, 0.2) is 17.1 Å². The summed E-state index contributed by atoms with van der Waals surface area (Å²) >= 11 is 0. The number of aromatic nitrogens is 1. The van der Waals surface area contributed by atoms with Crippen molar-refractivity contribution in [3.63, 3.8) is 0 Å². The Labute approximate surface area is 72.6 Å². The van der Waals surface area contributed by atoms with Gasteiger partial charge in [0.05, 0.1) is 16.7 Å². The standard InChI is InChI=1S/C7H6N2O4/c1-8-3-6(9(12)13)2-5(4-10)7(8)11/h2-4H,1H3. The quantitative estimate of drug-likeness (QED) is 0.369. The van der Waals surface area contributed by atoms with Gasteiger partial charge in [0.1, 0.15) is 0 Å². The largest absolute Gasteiger partial charge is 0.311 e. The van der Waals surface area contributed by atoms with Gasteiger partial charge in [-0.15, -0.1) is 0 Å². The zero-order valence-electron chi connectivity index (χ0n) is 6.76. The Hall–Kier alpha value is -1.98. The average molecular weight is 182 g/mol. The highest BCUT2D eigenvalue weighted by atomic mass is 16.6. The fourth-order valence-electron chi connectivity index (χ4n) is 0.903. The number of pyridine rings is 1. The van der Waals surface area contributed by atoms with Gasteiger partial charge in [-0.25, -0.2) is 0 Å². The summed E-state index contributed by atoms with van der Waals surface area (Å²) in [5.41, 5.74) is -1.03. The molecule has 0 bridgehead atoms. The minimum Gasteiger partial charge on any atom is -0.311 e. The Kier molecular flexibility index (Phi) is 2.23. The number of hydrogen-bond acceptors (Lipinski definition) is 4. The maximum absolute atomic E-state index is 11.1. The van der Waals surface area contributed by atoms with Crippen LogP contribution in [0.1, 0.15) is 10.4 Å². The molecule has 0 radical (unpaired) electrons. The summed E-state index contributed by atoms with van der Waals surface area (Å²) in [5, 5.41) is 10.3. The van der Waals surface area contributed by atoms with E-state index >= 15 is 0 Å². The molecule has 6 heteroatoms. The van der Waals surface area contributed by atoms with E-state index in [2.05, 4.69) is 0 Å². The number of carbonyl (C=O) groups excluding carboxylic acids is 1. The number of carbonyl (C=O) groups is 1. The second-order valence-electron chi connectivity index (χ2n) is 2.44. The van der Waals surface area contributed by atoms with Crippen molar-refractivity contribution >= 4 is 12.0 Å². The van der Waals surface area contributed by atoms with Crippen molar-refractivity contribution < 1.29 is 9.72 Å². The molecule has 1 aromatic rings. The third-order valence-corrected chi connectivity index (χ3v) is 1.53. The molecule has 0 aliphatic heterocycles. The van der Waals surface area contributed by atoms with Crippen LogP contribution in [0.25, 0.3) is 0 Å².